The van der Waals surface area contributed by atoms with Crippen LogP contribution in [0.5, 0.6) is 0 Å². The van der Waals surface area contributed by atoms with Crippen LogP contribution in [0.15, 0.2) is 72.9 Å². The maximum absolute atomic E-state index is 8.85. The van der Waals surface area contributed by atoms with Crippen LogP contribution >= 0.6 is 0 Å². The normalized spacial score (nSPS) is 14.2. The molecule has 0 aliphatic carbocycles. The van der Waals surface area contributed by atoms with E-state index < -0.39 is 6.37 Å². The molecular formula is C32H54O. The zero-order valence-corrected chi connectivity index (χ0v) is 21.6. The molecule has 0 aromatic rings. The summed E-state index contributed by atoms with van der Waals surface area (Å²) in [7, 11) is 0. The second-order valence-corrected chi connectivity index (χ2v) is 8.51. The SMILES string of the molecule is [2H]C([2H])(CCO)CCCCCCCCCC/C=C\C/C=C\C/C=C\C/C=C\C/C=C\C/C=C\CC. The van der Waals surface area contributed by atoms with Gasteiger partial charge in [0.05, 0.1) is 0 Å². The maximum atomic E-state index is 8.85. The van der Waals surface area contributed by atoms with E-state index in [1.165, 1.54) is 44.9 Å². The van der Waals surface area contributed by atoms with Gasteiger partial charge >= 0.3 is 0 Å². The molecule has 0 saturated heterocycles. The molecule has 1 N–H and O–H groups in total. The van der Waals surface area contributed by atoms with Crippen LogP contribution in [0.4, 0.5) is 0 Å². The summed E-state index contributed by atoms with van der Waals surface area (Å²) in [5, 5.41) is 8.85. The smallest absolute Gasteiger partial charge is 0.0431 e. The lowest BCUT2D eigenvalue weighted by atomic mass is 10.1. The number of unbranched alkanes of at least 4 members (excludes halogenated alkanes) is 8. The van der Waals surface area contributed by atoms with E-state index in [9.17, 15) is 0 Å². The van der Waals surface area contributed by atoms with Crippen LogP contribution in [0, 0.1) is 0 Å². The van der Waals surface area contributed by atoms with Crippen molar-refractivity contribution < 1.29 is 7.85 Å². The molecule has 0 aromatic heterocycles. The van der Waals surface area contributed by atoms with Crippen molar-refractivity contribution in [1.82, 2.24) is 0 Å². The Hall–Kier alpha value is -1.60. The van der Waals surface area contributed by atoms with Crippen molar-refractivity contribution in [3.05, 3.63) is 72.9 Å². The van der Waals surface area contributed by atoms with Gasteiger partial charge in [-0.05, 0) is 57.8 Å². The number of hydrogen-bond acceptors (Lipinski definition) is 1. The van der Waals surface area contributed by atoms with Crippen LogP contribution in [0.2, 0.25) is 0 Å². The largest absolute Gasteiger partial charge is 0.396 e. The van der Waals surface area contributed by atoms with Gasteiger partial charge in [-0.25, -0.2) is 0 Å². The van der Waals surface area contributed by atoms with Crippen molar-refractivity contribution in [3.63, 3.8) is 0 Å². The van der Waals surface area contributed by atoms with Crippen molar-refractivity contribution in [2.45, 2.75) is 122 Å². The first-order valence-corrected chi connectivity index (χ1v) is 13.6. The lowest BCUT2D eigenvalue weighted by molar-refractivity contribution is 0.282. The highest BCUT2D eigenvalue weighted by Crippen LogP contribution is 2.12. The topological polar surface area (TPSA) is 20.2 Å². The Kier molecular flexibility index (Phi) is 25.5. The average molecular weight is 457 g/mol. The number of aliphatic hydroxyl groups excluding tert-OH is 1. The summed E-state index contributed by atoms with van der Waals surface area (Å²) in [5.41, 5.74) is 0. The van der Waals surface area contributed by atoms with Gasteiger partial charge in [0.2, 0.25) is 0 Å². The minimum absolute atomic E-state index is 0.0500. The van der Waals surface area contributed by atoms with Gasteiger partial charge in [0, 0.05) is 9.35 Å². The number of hydrogen-bond donors (Lipinski definition) is 1. The Labute approximate surface area is 210 Å². The number of aliphatic hydroxyl groups is 1. The van der Waals surface area contributed by atoms with Crippen molar-refractivity contribution in [2.75, 3.05) is 6.61 Å². The molecule has 0 aromatic carbocycles. The molecule has 0 heterocycles. The molecule has 0 aliphatic rings. The van der Waals surface area contributed by atoms with Crippen molar-refractivity contribution in [2.24, 2.45) is 0 Å². The summed E-state index contributed by atoms with van der Waals surface area (Å²) in [4.78, 5) is 0. The molecule has 0 rings (SSSR count). The quantitative estimate of drug-likeness (QED) is 0.113. The van der Waals surface area contributed by atoms with E-state index in [2.05, 4.69) is 79.8 Å². The van der Waals surface area contributed by atoms with Crippen molar-refractivity contribution in [1.29, 1.82) is 0 Å². The van der Waals surface area contributed by atoms with Crippen molar-refractivity contribution >= 4 is 0 Å². The summed E-state index contributed by atoms with van der Waals surface area (Å²) >= 11 is 0. The van der Waals surface area contributed by atoms with Crippen LogP contribution in [0.25, 0.3) is 0 Å². The fraction of sp³-hybridized carbons (Fsp3) is 0.625. The first kappa shape index (κ1) is 27.6. The van der Waals surface area contributed by atoms with Gasteiger partial charge in [-0.2, -0.15) is 0 Å². The fourth-order valence-electron chi connectivity index (χ4n) is 3.42. The van der Waals surface area contributed by atoms with Gasteiger partial charge in [0.1, 0.15) is 0 Å². The van der Waals surface area contributed by atoms with Crippen LogP contribution in [-0.2, 0) is 0 Å². The van der Waals surface area contributed by atoms with E-state index in [0.29, 0.717) is 6.42 Å². The van der Waals surface area contributed by atoms with Gasteiger partial charge in [-0.15, -0.1) is 0 Å². The highest BCUT2D eigenvalue weighted by atomic mass is 16.2. The van der Waals surface area contributed by atoms with E-state index in [-0.39, 0.29) is 13.0 Å². The molecule has 0 unspecified atom stereocenters. The predicted octanol–water partition coefficient (Wildman–Crippen LogP) is 10.4. The highest BCUT2D eigenvalue weighted by Gasteiger charge is 1.93. The first-order chi connectivity index (χ1) is 17.1. The summed E-state index contributed by atoms with van der Waals surface area (Å²) in [6, 6.07) is 0. The van der Waals surface area contributed by atoms with Crippen LogP contribution < -0.4 is 0 Å². The molecule has 0 radical (unpaired) electrons. The monoisotopic (exact) mass is 456 g/mol. The lowest BCUT2D eigenvalue weighted by Crippen LogP contribution is -1.84. The Bertz CT molecular complexity index is 611. The molecule has 0 fully saturated rings. The van der Waals surface area contributed by atoms with Gasteiger partial charge in [-0.3, -0.25) is 0 Å². The summed E-state index contributed by atoms with van der Waals surface area (Å²) in [6.07, 6.45) is 43.8. The maximum Gasteiger partial charge on any atom is 0.0431 e. The summed E-state index contributed by atoms with van der Waals surface area (Å²) < 4.78 is 15.5. The summed E-state index contributed by atoms with van der Waals surface area (Å²) in [5.74, 6) is 0. The second kappa shape index (κ2) is 30.4. The minimum atomic E-state index is -1.18. The predicted molar refractivity (Wildman–Crippen MR) is 151 cm³/mol. The molecule has 0 saturated carbocycles. The fourth-order valence-corrected chi connectivity index (χ4v) is 3.42. The molecule has 0 atom stereocenters. The molecule has 0 amide bonds. The standard InChI is InChI=1S/C32H54O/c1-2-3-4-5-6-7-8-9-10-11-12-13-14-15-16-17-18-19-20-21-22-23-24-25-26-27-28-29-30-31-32-33/h3-4,6-7,9-10,12-13,15-16,18-19,33H,2,5,8,11,14,17,20-32H2,1H3/b4-3-,7-6-,10-9-,13-12-,16-15-,19-18-/i30D2. The number of allylic oxidation sites excluding steroid dienone is 12. The highest BCUT2D eigenvalue weighted by molar-refractivity contribution is 5.01. The molecular weight excluding hydrogens is 400 g/mol. The molecule has 33 heavy (non-hydrogen) atoms. The first-order valence-electron chi connectivity index (χ1n) is 14.6. The number of rotatable bonds is 24. The van der Waals surface area contributed by atoms with E-state index in [1.54, 1.807) is 0 Å². The van der Waals surface area contributed by atoms with E-state index in [0.717, 1.165) is 51.4 Å². The van der Waals surface area contributed by atoms with Gasteiger partial charge < -0.3 is 5.11 Å². The Morgan fingerprint density at radius 3 is 1.24 bits per heavy atom. The summed E-state index contributed by atoms with van der Waals surface area (Å²) in [6.45, 7) is 2.11. The third-order valence-electron chi connectivity index (χ3n) is 5.36. The van der Waals surface area contributed by atoms with E-state index >= 15 is 0 Å². The Morgan fingerprint density at radius 1 is 0.455 bits per heavy atom. The molecule has 0 spiro atoms. The van der Waals surface area contributed by atoms with Gasteiger partial charge in [0.15, 0.2) is 0 Å². The third kappa shape index (κ3) is 30.4. The molecule has 0 aliphatic heterocycles. The molecule has 0 bridgehead atoms. The van der Waals surface area contributed by atoms with Crippen molar-refractivity contribution in [3.8, 4) is 0 Å². The van der Waals surface area contributed by atoms with Crippen LogP contribution in [0.1, 0.15) is 125 Å². The minimum Gasteiger partial charge on any atom is -0.396 e. The van der Waals surface area contributed by atoms with E-state index in [1.807, 2.05) is 0 Å². The zero-order valence-electron chi connectivity index (χ0n) is 23.6. The second-order valence-electron chi connectivity index (χ2n) is 8.51. The van der Waals surface area contributed by atoms with Crippen LogP contribution in [-0.4, -0.2) is 11.7 Å². The van der Waals surface area contributed by atoms with Crippen LogP contribution in [0.3, 0.4) is 0 Å². The average Bonchev–Trinajstić information content (AvgIpc) is 2.83. The van der Waals surface area contributed by atoms with E-state index in [4.69, 9.17) is 7.85 Å². The van der Waals surface area contributed by atoms with Gasteiger partial charge in [-0.1, -0.05) is 138 Å². The van der Waals surface area contributed by atoms with Gasteiger partial charge in [0.25, 0.3) is 0 Å². The molecule has 188 valence electrons. The lowest BCUT2D eigenvalue weighted by Gasteiger charge is -2.02. The Balaban J connectivity index is 3.42. The third-order valence-corrected chi connectivity index (χ3v) is 5.36. The molecule has 1 nitrogen and oxygen atoms in total. The molecule has 1 heteroatoms. The Morgan fingerprint density at radius 2 is 0.818 bits per heavy atom. The zero-order chi connectivity index (χ0) is 25.7.